The van der Waals surface area contributed by atoms with Crippen LogP contribution in [0.2, 0.25) is 0 Å². The number of hydrogen-bond acceptors (Lipinski definition) is 6. The van der Waals surface area contributed by atoms with E-state index >= 15 is 0 Å². The first kappa shape index (κ1) is 17.4. The van der Waals surface area contributed by atoms with Crippen molar-refractivity contribution in [3.63, 3.8) is 0 Å². The third-order valence-electron chi connectivity index (χ3n) is 3.13. The maximum Gasteiger partial charge on any atom is 0.226 e. The van der Waals surface area contributed by atoms with Crippen LogP contribution in [0.4, 0.5) is 5.13 Å². The fourth-order valence-corrected chi connectivity index (χ4v) is 2.64. The summed E-state index contributed by atoms with van der Waals surface area (Å²) in [5.74, 6) is 0.742. The lowest BCUT2D eigenvalue weighted by Crippen LogP contribution is -2.12. The highest BCUT2D eigenvalue weighted by atomic mass is 32.1. The van der Waals surface area contributed by atoms with Crippen molar-refractivity contribution in [3.05, 3.63) is 34.8 Å². The van der Waals surface area contributed by atoms with Gasteiger partial charge in [-0.1, -0.05) is 30.4 Å². The first-order chi connectivity index (χ1) is 11.2. The molecule has 0 aliphatic heterocycles. The second-order valence-electron chi connectivity index (χ2n) is 4.93. The number of aryl methyl sites for hydroxylation is 1. The van der Waals surface area contributed by atoms with E-state index in [0.717, 1.165) is 17.2 Å². The molecule has 0 radical (unpaired) electrons. The number of rotatable bonds is 9. The predicted octanol–water partition coefficient (Wildman–Crippen LogP) is 3.04. The standard InChI is InChI=1S/C16H21N3O3S/c1-3-12-6-8-13(9-7-12)22-10-4-5-14(20)17-16-19-18-15(23-16)11-21-2/h6-9H,3-5,10-11H2,1-2H3,(H,17,19,20). The lowest BCUT2D eigenvalue weighted by Gasteiger charge is -2.06. The van der Waals surface area contributed by atoms with Gasteiger partial charge >= 0.3 is 0 Å². The van der Waals surface area contributed by atoms with Crippen molar-refractivity contribution in [2.45, 2.75) is 32.8 Å². The Bertz CT molecular complexity index is 613. The third-order valence-corrected chi connectivity index (χ3v) is 3.94. The summed E-state index contributed by atoms with van der Waals surface area (Å²) in [6.45, 7) is 3.02. The molecule has 7 heteroatoms. The van der Waals surface area contributed by atoms with Gasteiger partial charge in [-0.2, -0.15) is 0 Å². The molecule has 1 aromatic carbocycles. The highest BCUT2D eigenvalue weighted by molar-refractivity contribution is 7.15. The summed E-state index contributed by atoms with van der Waals surface area (Å²) < 4.78 is 10.6. The number of nitrogens with zero attached hydrogens (tertiary/aromatic N) is 2. The van der Waals surface area contributed by atoms with Gasteiger partial charge in [-0.25, -0.2) is 0 Å². The summed E-state index contributed by atoms with van der Waals surface area (Å²) in [4.78, 5) is 11.8. The molecule has 1 amide bonds. The van der Waals surface area contributed by atoms with E-state index in [1.54, 1.807) is 7.11 Å². The minimum absolute atomic E-state index is 0.0879. The van der Waals surface area contributed by atoms with Crippen molar-refractivity contribution in [1.29, 1.82) is 0 Å². The Kier molecular flexibility index (Phi) is 6.96. The van der Waals surface area contributed by atoms with Gasteiger partial charge in [-0.3, -0.25) is 4.79 Å². The molecule has 0 unspecified atom stereocenters. The number of benzene rings is 1. The molecular weight excluding hydrogens is 314 g/mol. The maximum atomic E-state index is 11.8. The Morgan fingerprint density at radius 1 is 1.26 bits per heavy atom. The van der Waals surface area contributed by atoms with Crippen molar-refractivity contribution >= 4 is 22.4 Å². The van der Waals surface area contributed by atoms with Gasteiger partial charge in [-0.15, -0.1) is 10.2 Å². The first-order valence-corrected chi connectivity index (χ1v) is 8.35. The Morgan fingerprint density at radius 3 is 2.74 bits per heavy atom. The van der Waals surface area contributed by atoms with E-state index in [-0.39, 0.29) is 5.91 Å². The summed E-state index contributed by atoms with van der Waals surface area (Å²) >= 11 is 1.31. The maximum absolute atomic E-state index is 11.8. The smallest absolute Gasteiger partial charge is 0.226 e. The molecule has 0 spiro atoms. The van der Waals surface area contributed by atoms with Crippen LogP contribution in [-0.2, 0) is 22.6 Å². The second-order valence-corrected chi connectivity index (χ2v) is 5.99. The molecule has 0 fully saturated rings. The number of carbonyl (C=O) groups excluding carboxylic acids is 1. The van der Waals surface area contributed by atoms with Gasteiger partial charge in [0, 0.05) is 13.5 Å². The molecule has 2 aromatic rings. The fraction of sp³-hybridized carbons (Fsp3) is 0.438. The van der Waals surface area contributed by atoms with Gasteiger partial charge in [0.1, 0.15) is 17.4 Å². The Morgan fingerprint density at radius 2 is 2.04 bits per heavy atom. The van der Waals surface area contributed by atoms with Crippen LogP contribution in [0.5, 0.6) is 5.75 Å². The summed E-state index contributed by atoms with van der Waals surface area (Å²) in [7, 11) is 1.59. The van der Waals surface area contributed by atoms with E-state index in [9.17, 15) is 4.79 Å². The van der Waals surface area contributed by atoms with E-state index in [2.05, 4.69) is 34.6 Å². The summed E-state index contributed by atoms with van der Waals surface area (Å²) in [6, 6.07) is 8.01. The van der Waals surface area contributed by atoms with Gasteiger partial charge < -0.3 is 14.8 Å². The SMILES string of the molecule is CCc1ccc(OCCCC(=O)Nc2nnc(COC)s2)cc1. The first-order valence-electron chi connectivity index (χ1n) is 7.54. The molecule has 0 atom stereocenters. The highest BCUT2D eigenvalue weighted by Gasteiger charge is 2.08. The lowest BCUT2D eigenvalue weighted by atomic mass is 10.2. The largest absolute Gasteiger partial charge is 0.494 e. The van der Waals surface area contributed by atoms with Crippen molar-refractivity contribution in [1.82, 2.24) is 10.2 Å². The number of anilines is 1. The Labute approximate surface area is 139 Å². The number of aromatic nitrogens is 2. The van der Waals surface area contributed by atoms with Crippen LogP contribution in [0.1, 0.15) is 30.3 Å². The number of nitrogens with one attached hydrogen (secondary N) is 1. The van der Waals surface area contributed by atoms with Crippen LogP contribution in [0.3, 0.4) is 0 Å². The van der Waals surface area contributed by atoms with Crippen LogP contribution in [0.15, 0.2) is 24.3 Å². The average molecular weight is 335 g/mol. The summed E-state index contributed by atoms with van der Waals surface area (Å²) in [6.07, 6.45) is 2.04. The number of ether oxygens (including phenoxy) is 2. The second kappa shape index (κ2) is 9.22. The zero-order chi connectivity index (χ0) is 16.5. The molecule has 0 saturated carbocycles. The van der Waals surface area contributed by atoms with Gasteiger partial charge in [0.25, 0.3) is 0 Å². The van der Waals surface area contributed by atoms with Gasteiger partial charge in [0.05, 0.1) is 6.61 Å². The monoisotopic (exact) mass is 335 g/mol. The number of hydrogen-bond donors (Lipinski definition) is 1. The van der Waals surface area contributed by atoms with Crippen LogP contribution in [0.25, 0.3) is 0 Å². The topological polar surface area (TPSA) is 73.3 Å². The molecule has 0 bridgehead atoms. The zero-order valence-electron chi connectivity index (χ0n) is 13.4. The van der Waals surface area contributed by atoms with Crippen molar-refractivity contribution < 1.29 is 14.3 Å². The molecule has 1 N–H and O–H groups in total. The van der Waals surface area contributed by atoms with Crippen LogP contribution >= 0.6 is 11.3 Å². The Hall–Kier alpha value is -1.99. The summed E-state index contributed by atoms with van der Waals surface area (Å²) in [5, 5.41) is 11.8. The van der Waals surface area contributed by atoms with Crippen molar-refractivity contribution in [3.8, 4) is 5.75 Å². The van der Waals surface area contributed by atoms with Gasteiger partial charge in [-0.05, 0) is 30.5 Å². The van der Waals surface area contributed by atoms with E-state index in [0.29, 0.717) is 31.2 Å². The van der Waals surface area contributed by atoms with Gasteiger partial charge in [0.2, 0.25) is 11.0 Å². The molecule has 0 aliphatic carbocycles. The van der Waals surface area contributed by atoms with E-state index in [1.165, 1.54) is 16.9 Å². The quantitative estimate of drug-likeness (QED) is 0.713. The lowest BCUT2D eigenvalue weighted by molar-refractivity contribution is -0.116. The highest BCUT2D eigenvalue weighted by Crippen LogP contribution is 2.16. The molecule has 2 rings (SSSR count). The summed E-state index contributed by atoms with van der Waals surface area (Å²) in [5.41, 5.74) is 1.28. The molecule has 23 heavy (non-hydrogen) atoms. The van der Waals surface area contributed by atoms with Gasteiger partial charge in [0.15, 0.2) is 0 Å². The molecule has 0 saturated heterocycles. The van der Waals surface area contributed by atoms with E-state index in [4.69, 9.17) is 9.47 Å². The zero-order valence-corrected chi connectivity index (χ0v) is 14.2. The Balaban J connectivity index is 1.65. The van der Waals surface area contributed by atoms with Crippen LogP contribution < -0.4 is 10.1 Å². The third kappa shape index (κ3) is 5.96. The molecule has 6 nitrogen and oxygen atoms in total. The normalized spacial score (nSPS) is 10.5. The average Bonchev–Trinajstić information content (AvgIpc) is 2.99. The minimum Gasteiger partial charge on any atom is -0.494 e. The van der Waals surface area contributed by atoms with Crippen LogP contribution in [-0.4, -0.2) is 29.8 Å². The number of amides is 1. The number of methoxy groups -OCH3 is 1. The molecule has 124 valence electrons. The van der Waals surface area contributed by atoms with E-state index in [1.807, 2.05) is 12.1 Å². The van der Waals surface area contributed by atoms with Crippen molar-refractivity contribution in [2.24, 2.45) is 0 Å². The van der Waals surface area contributed by atoms with Crippen LogP contribution in [0, 0.1) is 0 Å². The molecule has 1 aromatic heterocycles. The van der Waals surface area contributed by atoms with Crippen molar-refractivity contribution in [2.75, 3.05) is 19.0 Å². The predicted molar refractivity (Wildman–Crippen MR) is 89.8 cm³/mol. The minimum atomic E-state index is -0.0879. The molecule has 0 aliphatic rings. The number of carbonyl (C=O) groups is 1. The molecular formula is C16H21N3O3S. The van der Waals surface area contributed by atoms with E-state index < -0.39 is 0 Å². The molecule has 1 heterocycles. The fourth-order valence-electron chi connectivity index (χ4n) is 1.91.